The zero-order chi connectivity index (χ0) is 17.4. The van der Waals surface area contributed by atoms with Gasteiger partial charge in [0.25, 0.3) is 5.56 Å². The zero-order valence-electron chi connectivity index (χ0n) is 14.7. The summed E-state index contributed by atoms with van der Waals surface area (Å²) in [5, 5.41) is 0.701. The minimum absolute atomic E-state index is 0.124. The van der Waals surface area contributed by atoms with E-state index >= 15 is 0 Å². The molecular formula is C18H24N2O3S. The molecule has 0 N–H and O–H groups in total. The summed E-state index contributed by atoms with van der Waals surface area (Å²) in [6.45, 7) is 7.75. The van der Waals surface area contributed by atoms with Gasteiger partial charge in [0.15, 0.2) is 0 Å². The molecule has 0 fully saturated rings. The maximum absolute atomic E-state index is 13.0. The Hall–Kier alpha value is -1.69. The predicted octanol–water partition coefficient (Wildman–Crippen LogP) is 3.49. The molecule has 0 amide bonds. The highest BCUT2D eigenvalue weighted by atomic mass is 32.1. The molecule has 130 valence electrons. The number of fused-ring (bicyclic) bond motifs is 3. The molecule has 5 nitrogen and oxygen atoms in total. The Morgan fingerprint density at radius 2 is 2.25 bits per heavy atom. The quantitative estimate of drug-likeness (QED) is 0.794. The first kappa shape index (κ1) is 17.1. The molecule has 2 aromatic heterocycles. The molecule has 0 saturated heterocycles. The number of rotatable bonds is 4. The van der Waals surface area contributed by atoms with Crippen molar-refractivity contribution in [1.29, 1.82) is 0 Å². The van der Waals surface area contributed by atoms with Gasteiger partial charge in [-0.05, 0) is 51.0 Å². The first-order valence-corrected chi connectivity index (χ1v) is 9.45. The molecule has 0 unspecified atom stereocenters. The van der Waals surface area contributed by atoms with Crippen LogP contribution in [0.3, 0.4) is 0 Å². The number of thiophene rings is 1. The third-order valence-electron chi connectivity index (χ3n) is 4.89. The average molecular weight is 348 g/mol. The highest BCUT2D eigenvalue weighted by molar-refractivity contribution is 7.18. The number of carbonyl (C=O) groups excluding carboxylic acids is 1. The van der Waals surface area contributed by atoms with Crippen LogP contribution >= 0.6 is 11.3 Å². The normalized spacial score (nSPS) is 19.8. The Morgan fingerprint density at radius 1 is 1.50 bits per heavy atom. The molecule has 0 bridgehead atoms. The molecule has 1 aliphatic carbocycles. The molecule has 2 aromatic rings. The minimum atomic E-state index is -0.665. The molecule has 24 heavy (non-hydrogen) atoms. The van der Waals surface area contributed by atoms with Crippen LogP contribution in [0.5, 0.6) is 0 Å². The standard InChI is InChI=1S/C18H24N2O3S/c1-5-11(3)23-18(22)12(4)20-9-19-16-15(17(20)21)13-7-6-10(2)8-14(13)24-16/h9-12H,5-8H2,1-4H3/t10-,11-,12+/m1/s1. The van der Waals surface area contributed by atoms with Crippen molar-refractivity contribution in [1.82, 2.24) is 9.55 Å². The maximum atomic E-state index is 13.0. The van der Waals surface area contributed by atoms with Crippen LogP contribution in [-0.4, -0.2) is 21.6 Å². The van der Waals surface area contributed by atoms with Gasteiger partial charge in [-0.1, -0.05) is 13.8 Å². The van der Waals surface area contributed by atoms with Crippen LogP contribution in [0.25, 0.3) is 10.2 Å². The summed E-state index contributed by atoms with van der Waals surface area (Å²) in [4.78, 5) is 31.7. The summed E-state index contributed by atoms with van der Waals surface area (Å²) < 4.78 is 6.78. The van der Waals surface area contributed by atoms with Crippen molar-refractivity contribution in [3.8, 4) is 0 Å². The van der Waals surface area contributed by atoms with E-state index in [1.54, 1.807) is 18.3 Å². The van der Waals surface area contributed by atoms with Crippen molar-refractivity contribution >= 4 is 27.5 Å². The number of hydrogen-bond acceptors (Lipinski definition) is 5. The summed E-state index contributed by atoms with van der Waals surface area (Å²) in [5.41, 5.74) is 1.02. The summed E-state index contributed by atoms with van der Waals surface area (Å²) in [7, 11) is 0. The Balaban J connectivity index is 2.00. The van der Waals surface area contributed by atoms with Gasteiger partial charge in [0, 0.05) is 4.88 Å². The first-order valence-electron chi connectivity index (χ1n) is 8.64. The molecule has 6 heteroatoms. The fourth-order valence-electron chi connectivity index (χ4n) is 3.11. The number of esters is 1. The fraction of sp³-hybridized carbons (Fsp3) is 0.611. The van der Waals surface area contributed by atoms with E-state index in [0.29, 0.717) is 11.3 Å². The second-order valence-corrected chi connectivity index (χ2v) is 7.90. The van der Waals surface area contributed by atoms with E-state index < -0.39 is 6.04 Å². The lowest BCUT2D eigenvalue weighted by Gasteiger charge is -2.18. The third-order valence-corrected chi connectivity index (χ3v) is 6.05. The molecule has 3 atom stereocenters. The van der Waals surface area contributed by atoms with E-state index in [9.17, 15) is 9.59 Å². The Labute approximate surface area is 145 Å². The van der Waals surface area contributed by atoms with E-state index in [0.717, 1.165) is 36.1 Å². The summed E-state index contributed by atoms with van der Waals surface area (Å²) in [5.74, 6) is 0.266. The van der Waals surface area contributed by atoms with Gasteiger partial charge in [-0.2, -0.15) is 0 Å². The van der Waals surface area contributed by atoms with Gasteiger partial charge >= 0.3 is 5.97 Å². The Kier molecular flexibility index (Phi) is 4.76. The number of ether oxygens (including phenoxy) is 1. The van der Waals surface area contributed by atoms with Crippen molar-refractivity contribution in [3.05, 3.63) is 27.1 Å². The molecule has 2 heterocycles. The summed E-state index contributed by atoms with van der Waals surface area (Å²) in [6.07, 6.45) is 5.12. The van der Waals surface area contributed by atoms with E-state index in [1.807, 2.05) is 13.8 Å². The van der Waals surface area contributed by atoms with Crippen molar-refractivity contribution in [2.24, 2.45) is 5.92 Å². The maximum Gasteiger partial charge on any atom is 0.329 e. The van der Waals surface area contributed by atoms with Crippen LogP contribution in [-0.2, 0) is 22.4 Å². The number of nitrogens with zero attached hydrogens (tertiary/aromatic N) is 2. The second-order valence-electron chi connectivity index (χ2n) is 6.82. The van der Waals surface area contributed by atoms with Crippen LogP contribution in [0, 0.1) is 5.92 Å². The molecule has 3 rings (SSSR count). The third kappa shape index (κ3) is 2.99. The van der Waals surface area contributed by atoms with Gasteiger partial charge in [0.2, 0.25) is 0 Å². The molecule has 0 radical (unpaired) electrons. The van der Waals surface area contributed by atoms with Gasteiger partial charge in [-0.15, -0.1) is 11.3 Å². The van der Waals surface area contributed by atoms with Gasteiger partial charge in [0.1, 0.15) is 10.9 Å². The van der Waals surface area contributed by atoms with Crippen molar-refractivity contribution in [3.63, 3.8) is 0 Å². The van der Waals surface area contributed by atoms with Crippen molar-refractivity contribution in [2.45, 2.75) is 65.5 Å². The van der Waals surface area contributed by atoms with Gasteiger partial charge in [0.05, 0.1) is 17.8 Å². The summed E-state index contributed by atoms with van der Waals surface area (Å²) in [6, 6.07) is -0.665. The highest BCUT2D eigenvalue weighted by Crippen LogP contribution is 2.35. The lowest BCUT2D eigenvalue weighted by molar-refractivity contribution is -0.152. The fourth-order valence-corrected chi connectivity index (χ4v) is 4.45. The number of aromatic nitrogens is 2. The van der Waals surface area contributed by atoms with Crippen LogP contribution < -0.4 is 5.56 Å². The minimum Gasteiger partial charge on any atom is -0.461 e. The van der Waals surface area contributed by atoms with Crippen molar-refractivity contribution in [2.75, 3.05) is 0 Å². The molecule has 1 aliphatic rings. The Morgan fingerprint density at radius 3 is 2.96 bits per heavy atom. The van der Waals surface area contributed by atoms with E-state index in [1.165, 1.54) is 15.8 Å². The van der Waals surface area contributed by atoms with E-state index in [-0.39, 0.29) is 17.6 Å². The SMILES string of the molecule is CC[C@@H](C)OC(=O)[C@H](C)n1cnc2sc3c(c2c1=O)CC[C@@H](C)C3. The lowest BCUT2D eigenvalue weighted by Crippen LogP contribution is -2.31. The molecule has 0 spiro atoms. The van der Waals surface area contributed by atoms with Gasteiger partial charge in [-0.3, -0.25) is 9.36 Å². The topological polar surface area (TPSA) is 61.2 Å². The number of aryl methyl sites for hydroxylation is 1. The van der Waals surface area contributed by atoms with E-state index in [2.05, 4.69) is 11.9 Å². The molecule has 0 aliphatic heterocycles. The largest absolute Gasteiger partial charge is 0.461 e. The smallest absolute Gasteiger partial charge is 0.329 e. The first-order chi connectivity index (χ1) is 11.4. The lowest BCUT2D eigenvalue weighted by atomic mass is 9.89. The second kappa shape index (κ2) is 6.67. The zero-order valence-corrected chi connectivity index (χ0v) is 15.5. The highest BCUT2D eigenvalue weighted by Gasteiger charge is 2.26. The molecular weight excluding hydrogens is 324 g/mol. The van der Waals surface area contributed by atoms with E-state index in [4.69, 9.17) is 4.74 Å². The van der Waals surface area contributed by atoms with Crippen LogP contribution in [0.15, 0.2) is 11.1 Å². The van der Waals surface area contributed by atoms with Crippen LogP contribution in [0.1, 0.15) is 57.0 Å². The van der Waals surface area contributed by atoms with Gasteiger partial charge in [-0.25, -0.2) is 9.78 Å². The number of carbonyl (C=O) groups is 1. The van der Waals surface area contributed by atoms with Crippen molar-refractivity contribution < 1.29 is 9.53 Å². The Bertz CT molecular complexity index is 824. The average Bonchev–Trinajstić information content (AvgIpc) is 2.92. The predicted molar refractivity (Wildman–Crippen MR) is 95.6 cm³/mol. The summed E-state index contributed by atoms with van der Waals surface area (Å²) >= 11 is 1.62. The van der Waals surface area contributed by atoms with Crippen LogP contribution in [0.4, 0.5) is 0 Å². The number of hydrogen-bond donors (Lipinski definition) is 0. The van der Waals surface area contributed by atoms with Crippen LogP contribution in [0.2, 0.25) is 0 Å². The monoisotopic (exact) mass is 348 g/mol. The van der Waals surface area contributed by atoms with Gasteiger partial charge < -0.3 is 4.74 Å². The molecule has 0 aromatic carbocycles. The molecule has 0 saturated carbocycles.